The largest absolute Gasteiger partial charge is 0.371 e. The second kappa shape index (κ2) is 14.6. The highest BCUT2D eigenvalue weighted by Crippen LogP contribution is 2.28. The molecular formula is C36H55N4+. The normalized spacial score (nSPS) is 12.4. The van der Waals surface area contributed by atoms with Crippen LogP contribution in [0.2, 0.25) is 0 Å². The van der Waals surface area contributed by atoms with Crippen molar-refractivity contribution in [2.45, 2.75) is 55.4 Å². The molecular weight excluding hydrogens is 488 g/mol. The number of benzene rings is 3. The number of nitrogens with one attached hydrogen (secondary N) is 1. The first-order chi connectivity index (χ1) is 18.9. The van der Waals surface area contributed by atoms with Gasteiger partial charge in [0.15, 0.2) is 0 Å². The zero-order valence-corrected chi connectivity index (χ0v) is 26.9. The Morgan fingerprint density at radius 2 is 0.700 bits per heavy atom. The van der Waals surface area contributed by atoms with Crippen molar-refractivity contribution in [2.75, 3.05) is 55.0 Å². The Bertz CT molecular complexity index is 1020. The molecule has 3 aromatic rings. The Labute approximate surface area is 245 Å². The lowest BCUT2D eigenvalue weighted by molar-refractivity contribution is -0.735. The van der Waals surface area contributed by atoms with Crippen molar-refractivity contribution >= 4 is 34.1 Å². The van der Waals surface area contributed by atoms with Crippen molar-refractivity contribution in [2.24, 2.45) is 23.7 Å². The molecule has 0 aliphatic rings. The highest BCUT2D eigenvalue weighted by atomic mass is 15.1. The fraction of sp³-hybridized carbons (Fsp3) is 0.500. The van der Waals surface area contributed by atoms with Crippen LogP contribution in [-0.2, 0) is 0 Å². The van der Waals surface area contributed by atoms with E-state index in [0.717, 1.165) is 26.2 Å². The monoisotopic (exact) mass is 543 g/mol. The van der Waals surface area contributed by atoms with Gasteiger partial charge in [0, 0.05) is 80.2 Å². The maximum absolute atomic E-state index is 2.53. The van der Waals surface area contributed by atoms with Crippen molar-refractivity contribution in [3.8, 4) is 0 Å². The zero-order chi connectivity index (χ0) is 29.4. The molecule has 0 saturated heterocycles. The lowest BCUT2D eigenvalue weighted by atomic mass is 10.1. The summed E-state index contributed by atoms with van der Waals surface area (Å²) in [6, 6.07) is 27.2. The van der Waals surface area contributed by atoms with Crippen LogP contribution in [0.25, 0.3) is 0 Å². The molecule has 0 saturated carbocycles. The lowest BCUT2D eigenvalue weighted by Crippen LogP contribution is -2.98. The Morgan fingerprint density at radius 1 is 0.450 bits per heavy atom. The molecule has 3 aromatic carbocycles. The summed E-state index contributed by atoms with van der Waals surface area (Å²) < 4.78 is 0. The second-order valence-electron chi connectivity index (χ2n) is 13.2. The number of hydrogen-bond acceptors (Lipinski definition) is 3. The van der Waals surface area contributed by atoms with Gasteiger partial charge in [-0.15, -0.1) is 0 Å². The highest BCUT2D eigenvalue weighted by Gasteiger charge is 2.15. The third-order valence-electron chi connectivity index (χ3n) is 7.30. The fourth-order valence-corrected chi connectivity index (χ4v) is 5.39. The van der Waals surface area contributed by atoms with Gasteiger partial charge in [-0.2, -0.15) is 0 Å². The van der Waals surface area contributed by atoms with Crippen LogP contribution in [0.1, 0.15) is 55.4 Å². The van der Waals surface area contributed by atoms with Crippen molar-refractivity contribution in [3.63, 3.8) is 0 Å². The molecule has 0 bridgehead atoms. The van der Waals surface area contributed by atoms with E-state index in [2.05, 4.69) is 157 Å². The van der Waals surface area contributed by atoms with Gasteiger partial charge in [0.2, 0.25) is 0 Å². The van der Waals surface area contributed by atoms with Crippen LogP contribution < -0.4 is 19.6 Å². The minimum absolute atomic E-state index is 0.641. The van der Waals surface area contributed by atoms with Crippen molar-refractivity contribution in [3.05, 3.63) is 72.8 Å². The predicted octanol–water partition coefficient (Wildman–Crippen LogP) is 8.17. The number of nitrogens with zero attached hydrogens (tertiary/aromatic N) is 3. The summed E-state index contributed by atoms with van der Waals surface area (Å²) >= 11 is 0. The van der Waals surface area contributed by atoms with Gasteiger partial charge in [0.05, 0.1) is 7.05 Å². The molecule has 0 spiro atoms. The lowest BCUT2D eigenvalue weighted by Gasteiger charge is -2.29. The fourth-order valence-electron chi connectivity index (χ4n) is 5.39. The van der Waals surface area contributed by atoms with Crippen LogP contribution in [0.3, 0.4) is 0 Å². The van der Waals surface area contributed by atoms with Gasteiger partial charge in [0.1, 0.15) is 11.4 Å². The molecule has 4 nitrogen and oxygen atoms in total. The van der Waals surface area contributed by atoms with Gasteiger partial charge in [-0.1, -0.05) is 55.4 Å². The minimum Gasteiger partial charge on any atom is -0.371 e. The molecule has 4 heteroatoms. The van der Waals surface area contributed by atoms with E-state index in [0.29, 0.717) is 23.7 Å². The van der Waals surface area contributed by atoms with Crippen LogP contribution in [0.4, 0.5) is 34.1 Å². The molecule has 218 valence electrons. The summed E-state index contributed by atoms with van der Waals surface area (Å²) in [6.07, 6.45) is 0. The van der Waals surface area contributed by atoms with Gasteiger partial charge in [-0.05, 0) is 72.2 Å². The first-order valence-electron chi connectivity index (χ1n) is 15.3. The zero-order valence-electron chi connectivity index (χ0n) is 26.9. The molecule has 1 unspecified atom stereocenters. The summed E-state index contributed by atoms with van der Waals surface area (Å²) in [6.45, 7) is 22.7. The molecule has 0 aromatic heterocycles. The van der Waals surface area contributed by atoms with Crippen LogP contribution in [0, 0.1) is 23.7 Å². The first kappa shape index (κ1) is 31.5. The van der Waals surface area contributed by atoms with E-state index >= 15 is 0 Å². The van der Waals surface area contributed by atoms with E-state index in [1.807, 2.05) is 0 Å². The van der Waals surface area contributed by atoms with Crippen LogP contribution in [0.5, 0.6) is 0 Å². The van der Waals surface area contributed by atoms with Crippen LogP contribution >= 0.6 is 0 Å². The van der Waals surface area contributed by atoms with Crippen LogP contribution in [0.15, 0.2) is 72.8 Å². The molecule has 0 amide bonds. The van der Waals surface area contributed by atoms with E-state index in [1.54, 1.807) is 0 Å². The third-order valence-corrected chi connectivity index (χ3v) is 7.30. The van der Waals surface area contributed by atoms with Gasteiger partial charge in [-0.25, -0.2) is 0 Å². The number of hydrogen-bond donors (Lipinski definition) is 1. The molecule has 0 heterocycles. The van der Waals surface area contributed by atoms with E-state index in [1.165, 1.54) is 39.0 Å². The Hall–Kier alpha value is -2.98. The number of anilines is 4. The quantitative estimate of drug-likeness (QED) is 0.221. The summed E-state index contributed by atoms with van der Waals surface area (Å²) in [5, 5.41) is 0. The Kier molecular flexibility index (Phi) is 11.5. The van der Waals surface area contributed by atoms with E-state index in [9.17, 15) is 0 Å². The number of quaternary nitrogens is 1. The molecule has 0 radical (unpaired) electrons. The SMILES string of the molecule is CC(C)CN(CC(C)C)c1ccc(N(C)c2ccc([NH+](C)c3ccc(N(CC(C)C)CC(C)C)cc3)cc2)cc1. The number of rotatable bonds is 14. The summed E-state index contributed by atoms with van der Waals surface area (Å²) in [5.74, 6) is 2.57. The average Bonchev–Trinajstić information content (AvgIpc) is 2.91. The molecule has 0 fully saturated rings. The maximum atomic E-state index is 2.53. The van der Waals surface area contributed by atoms with Crippen LogP contribution in [-0.4, -0.2) is 40.3 Å². The smallest absolute Gasteiger partial charge is 0.136 e. The first-order valence-corrected chi connectivity index (χ1v) is 15.3. The predicted molar refractivity (Wildman–Crippen MR) is 177 cm³/mol. The van der Waals surface area contributed by atoms with Gasteiger partial charge in [0.25, 0.3) is 0 Å². The molecule has 3 rings (SSSR count). The molecule has 0 aliphatic carbocycles. The molecule has 1 N–H and O–H groups in total. The second-order valence-corrected chi connectivity index (χ2v) is 13.2. The molecule has 40 heavy (non-hydrogen) atoms. The van der Waals surface area contributed by atoms with E-state index in [4.69, 9.17) is 0 Å². The highest BCUT2D eigenvalue weighted by molar-refractivity contribution is 5.66. The van der Waals surface area contributed by atoms with E-state index in [-0.39, 0.29) is 0 Å². The summed E-state index contributed by atoms with van der Waals surface area (Å²) in [4.78, 5) is 8.62. The van der Waals surface area contributed by atoms with Gasteiger partial charge < -0.3 is 14.7 Å². The molecule has 0 aliphatic heterocycles. The topological polar surface area (TPSA) is 14.2 Å². The summed E-state index contributed by atoms with van der Waals surface area (Å²) in [5.41, 5.74) is 7.57. The Morgan fingerprint density at radius 3 is 1.00 bits per heavy atom. The van der Waals surface area contributed by atoms with Gasteiger partial charge in [-0.3, -0.25) is 4.90 Å². The minimum atomic E-state index is 0.641. The Balaban J connectivity index is 1.70. The average molecular weight is 544 g/mol. The van der Waals surface area contributed by atoms with Crippen molar-refractivity contribution < 1.29 is 4.90 Å². The standard InChI is InChI=1S/C36H54N4/c1-27(2)23-39(24-28(3)4)35-19-15-33(16-20-35)37(9)31-11-13-32(14-12-31)38(10)34-17-21-36(22-18-34)40(25-29(5)6)26-30(7)8/h11-22,27-30H,23-26H2,1-10H3/p+1. The van der Waals surface area contributed by atoms with Gasteiger partial charge >= 0.3 is 0 Å². The summed E-state index contributed by atoms with van der Waals surface area (Å²) in [7, 11) is 4.38. The molecule has 1 atom stereocenters. The van der Waals surface area contributed by atoms with Crippen molar-refractivity contribution in [1.29, 1.82) is 0 Å². The van der Waals surface area contributed by atoms with Crippen molar-refractivity contribution in [1.82, 2.24) is 0 Å². The third kappa shape index (κ3) is 9.02. The van der Waals surface area contributed by atoms with E-state index < -0.39 is 0 Å². The maximum Gasteiger partial charge on any atom is 0.136 e.